The maximum atomic E-state index is 12.5. The van der Waals surface area contributed by atoms with Gasteiger partial charge in [0.15, 0.2) is 5.82 Å². The van der Waals surface area contributed by atoms with Gasteiger partial charge in [0.1, 0.15) is 0 Å². The van der Waals surface area contributed by atoms with E-state index in [-0.39, 0.29) is 11.7 Å². The molecule has 0 unspecified atom stereocenters. The van der Waals surface area contributed by atoms with E-state index in [1.54, 1.807) is 0 Å². The van der Waals surface area contributed by atoms with Crippen molar-refractivity contribution in [1.29, 1.82) is 0 Å². The van der Waals surface area contributed by atoms with Crippen LogP contribution >= 0.6 is 27.7 Å². The van der Waals surface area contributed by atoms with E-state index >= 15 is 0 Å². The summed E-state index contributed by atoms with van der Waals surface area (Å²) in [5.74, 6) is 6.78. The Morgan fingerprint density at radius 2 is 1.86 bits per heavy atom. The van der Waals surface area contributed by atoms with E-state index < -0.39 is 0 Å². The Kier molecular flexibility index (Phi) is 5.45. The van der Waals surface area contributed by atoms with E-state index in [1.807, 2.05) is 54.6 Å². The minimum absolute atomic E-state index is 0.0821. The molecule has 1 aliphatic rings. The highest BCUT2D eigenvalue weighted by Gasteiger charge is 2.23. The molecule has 0 bridgehead atoms. The number of carbonyl (C=O) groups is 1. The highest BCUT2D eigenvalue weighted by Crippen LogP contribution is 2.28. The molecule has 2 N–H and O–H groups in total. The summed E-state index contributed by atoms with van der Waals surface area (Å²) in [6.45, 7) is 0.584. The van der Waals surface area contributed by atoms with E-state index in [0.29, 0.717) is 17.5 Å². The summed E-state index contributed by atoms with van der Waals surface area (Å²) in [6.07, 6.45) is 0.750. The largest absolute Gasteiger partial charge is 0.335 e. The van der Waals surface area contributed by atoms with E-state index in [2.05, 4.69) is 31.2 Å². The Balaban J connectivity index is 1.42. The minimum atomic E-state index is -0.0821. The zero-order valence-corrected chi connectivity index (χ0v) is 17.2. The molecule has 0 fully saturated rings. The molecular formula is C19H17BrN6OS. The molecule has 142 valence electrons. The van der Waals surface area contributed by atoms with Crippen LogP contribution in [0.1, 0.15) is 12.0 Å². The number of hydrazone groups is 1. The third kappa shape index (κ3) is 3.81. The lowest BCUT2D eigenvalue weighted by Gasteiger charge is -2.10. The first-order valence-corrected chi connectivity index (χ1v) is 10.4. The van der Waals surface area contributed by atoms with Crippen LogP contribution in [0.15, 0.2) is 69.3 Å². The standard InChI is InChI=1S/C19H17BrN6OS/c20-15-9-5-4-8-14(15)18-22-23-19(26(18)21)28-12-17(27)25-11-10-16(24-25)13-6-2-1-3-7-13/h1-9H,10-12,21H2. The number of nitrogen functional groups attached to an aromatic ring is 1. The smallest absolute Gasteiger partial charge is 0.253 e. The molecule has 2 aromatic carbocycles. The van der Waals surface area contributed by atoms with Gasteiger partial charge < -0.3 is 5.84 Å². The number of nitrogens with zero attached hydrogens (tertiary/aromatic N) is 5. The SMILES string of the molecule is Nn1c(SCC(=O)N2CCC(c3ccccc3)=N2)nnc1-c1ccccc1Br. The molecule has 0 saturated heterocycles. The van der Waals surface area contributed by atoms with Crippen molar-refractivity contribution in [2.45, 2.75) is 11.6 Å². The monoisotopic (exact) mass is 456 g/mol. The third-order valence-electron chi connectivity index (χ3n) is 4.30. The normalized spacial score (nSPS) is 13.6. The first-order valence-electron chi connectivity index (χ1n) is 8.65. The number of carbonyl (C=O) groups excluding carboxylic acids is 1. The molecule has 4 rings (SSSR count). The van der Waals surface area contributed by atoms with Gasteiger partial charge in [0, 0.05) is 16.5 Å². The van der Waals surface area contributed by atoms with Gasteiger partial charge in [0.25, 0.3) is 5.91 Å². The molecule has 0 spiro atoms. The number of rotatable bonds is 5. The van der Waals surface area contributed by atoms with Crippen LogP contribution < -0.4 is 5.84 Å². The number of nitrogens with two attached hydrogens (primary N) is 1. The van der Waals surface area contributed by atoms with Crippen LogP contribution in [-0.2, 0) is 4.79 Å². The molecule has 9 heteroatoms. The zero-order chi connectivity index (χ0) is 19.5. The van der Waals surface area contributed by atoms with Gasteiger partial charge in [0.2, 0.25) is 5.16 Å². The Morgan fingerprint density at radius 3 is 2.64 bits per heavy atom. The molecule has 2 heterocycles. The number of hydrogen-bond donors (Lipinski definition) is 1. The quantitative estimate of drug-likeness (QED) is 0.470. The average molecular weight is 457 g/mol. The van der Waals surface area contributed by atoms with Gasteiger partial charge in [-0.25, -0.2) is 9.69 Å². The van der Waals surface area contributed by atoms with Crippen molar-refractivity contribution in [2.75, 3.05) is 18.1 Å². The molecule has 7 nitrogen and oxygen atoms in total. The van der Waals surface area contributed by atoms with Gasteiger partial charge in [-0.3, -0.25) is 4.79 Å². The molecule has 0 radical (unpaired) electrons. The van der Waals surface area contributed by atoms with Crippen LogP contribution in [0.3, 0.4) is 0 Å². The fraction of sp³-hybridized carbons (Fsp3) is 0.158. The van der Waals surface area contributed by atoms with Crippen molar-refractivity contribution < 1.29 is 4.79 Å². The van der Waals surface area contributed by atoms with Crippen molar-refractivity contribution in [1.82, 2.24) is 19.9 Å². The van der Waals surface area contributed by atoms with Gasteiger partial charge in [-0.05, 0) is 17.7 Å². The highest BCUT2D eigenvalue weighted by molar-refractivity contribution is 9.10. The number of thioether (sulfide) groups is 1. The Bertz CT molecular complexity index is 1040. The summed E-state index contributed by atoms with van der Waals surface area (Å²) >= 11 is 4.74. The maximum absolute atomic E-state index is 12.5. The second kappa shape index (κ2) is 8.15. The Labute approximate surface area is 174 Å². The second-order valence-corrected chi connectivity index (χ2v) is 7.92. The predicted octanol–water partition coefficient (Wildman–Crippen LogP) is 3.15. The summed E-state index contributed by atoms with van der Waals surface area (Å²) < 4.78 is 2.28. The lowest BCUT2D eigenvalue weighted by Crippen LogP contribution is -2.25. The van der Waals surface area contributed by atoms with E-state index in [4.69, 9.17) is 5.84 Å². The molecular weight excluding hydrogens is 440 g/mol. The first-order chi connectivity index (χ1) is 13.6. The van der Waals surface area contributed by atoms with E-state index in [1.165, 1.54) is 21.4 Å². The molecule has 1 amide bonds. The number of aromatic nitrogens is 3. The van der Waals surface area contributed by atoms with Gasteiger partial charge in [-0.2, -0.15) is 5.10 Å². The van der Waals surface area contributed by atoms with Gasteiger partial charge >= 0.3 is 0 Å². The highest BCUT2D eigenvalue weighted by atomic mass is 79.9. The van der Waals surface area contributed by atoms with Crippen molar-refractivity contribution in [2.24, 2.45) is 5.10 Å². The summed E-state index contributed by atoms with van der Waals surface area (Å²) in [6, 6.07) is 17.5. The van der Waals surface area contributed by atoms with Crippen LogP contribution in [0.5, 0.6) is 0 Å². The van der Waals surface area contributed by atoms with Crippen LogP contribution in [0, 0.1) is 0 Å². The molecule has 0 atom stereocenters. The van der Waals surface area contributed by atoms with Crippen LogP contribution in [0.2, 0.25) is 0 Å². The maximum Gasteiger partial charge on any atom is 0.253 e. The lowest BCUT2D eigenvalue weighted by atomic mass is 10.1. The summed E-state index contributed by atoms with van der Waals surface area (Å²) in [7, 11) is 0. The van der Waals surface area contributed by atoms with Crippen LogP contribution in [0.25, 0.3) is 11.4 Å². The first kappa shape index (κ1) is 18.7. The van der Waals surface area contributed by atoms with Gasteiger partial charge in [0.05, 0.1) is 18.0 Å². The predicted molar refractivity (Wildman–Crippen MR) is 113 cm³/mol. The number of benzene rings is 2. The van der Waals surface area contributed by atoms with E-state index in [0.717, 1.165) is 27.7 Å². The van der Waals surface area contributed by atoms with Crippen molar-refractivity contribution in [3.63, 3.8) is 0 Å². The fourth-order valence-corrected chi connectivity index (χ4v) is 4.06. The van der Waals surface area contributed by atoms with Crippen molar-refractivity contribution >= 4 is 39.3 Å². The lowest BCUT2D eigenvalue weighted by molar-refractivity contribution is -0.127. The van der Waals surface area contributed by atoms with Crippen LogP contribution in [0.4, 0.5) is 0 Å². The van der Waals surface area contributed by atoms with Crippen molar-refractivity contribution in [3.05, 3.63) is 64.6 Å². The van der Waals surface area contributed by atoms with E-state index in [9.17, 15) is 4.79 Å². The number of amides is 1. The molecule has 3 aromatic rings. The van der Waals surface area contributed by atoms with Crippen molar-refractivity contribution in [3.8, 4) is 11.4 Å². The zero-order valence-electron chi connectivity index (χ0n) is 14.8. The fourth-order valence-electron chi connectivity index (χ4n) is 2.87. The van der Waals surface area contributed by atoms with Gasteiger partial charge in [-0.1, -0.05) is 70.2 Å². The average Bonchev–Trinajstić information content (AvgIpc) is 3.35. The number of hydrogen-bond acceptors (Lipinski definition) is 6. The molecule has 1 aromatic heterocycles. The summed E-state index contributed by atoms with van der Waals surface area (Å²) in [4.78, 5) is 12.5. The topological polar surface area (TPSA) is 89.4 Å². The van der Waals surface area contributed by atoms with Gasteiger partial charge in [-0.15, -0.1) is 10.2 Å². The minimum Gasteiger partial charge on any atom is -0.335 e. The summed E-state index contributed by atoms with van der Waals surface area (Å²) in [5.41, 5.74) is 2.81. The molecule has 0 saturated carbocycles. The third-order valence-corrected chi connectivity index (χ3v) is 5.92. The Morgan fingerprint density at radius 1 is 1.11 bits per heavy atom. The molecule has 0 aliphatic carbocycles. The summed E-state index contributed by atoms with van der Waals surface area (Å²) in [5, 5.41) is 14.7. The Hall–Kier alpha value is -2.65. The van der Waals surface area contributed by atoms with Crippen LogP contribution in [-0.4, -0.2) is 43.8 Å². The molecule has 1 aliphatic heterocycles. The molecule has 28 heavy (non-hydrogen) atoms. The second-order valence-electron chi connectivity index (χ2n) is 6.12. The number of halogens is 1.